The zero-order valence-corrected chi connectivity index (χ0v) is 16.4. The molecule has 0 fully saturated rings. The van der Waals surface area contributed by atoms with Gasteiger partial charge in [0.25, 0.3) is 0 Å². The van der Waals surface area contributed by atoms with Crippen LogP contribution < -0.4 is 10.6 Å². The number of nitrogens with one attached hydrogen (secondary N) is 2. The SMILES string of the molecule is CC(C)c1ccc(Nc2ncnc(NCCC3=CCCCC3)c2[N+](=O)[O-])cc1. The van der Waals surface area contributed by atoms with Crippen molar-refractivity contribution in [2.45, 2.75) is 51.9 Å². The second-order valence-corrected chi connectivity index (χ2v) is 7.36. The zero-order valence-electron chi connectivity index (χ0n) is 16.4. The molecule has 1 heterocycles. The molecule has 2 N–H and O–H groups in total. The lowest BCUT2D eigenvalue weighted by molar-refractivity contribution is -0.383. The summed E-state index contributed by atoms with van der Waals surface area (Å²) in [6.07, 6.45) is 9.23. The molecule has 0 unspecified atom stereocenters. The third-order valence-electron chi connectivity index (χ3n) is 4.97. The van der Waals surface area contributed by atoms with Gasteiger partial charge in [0.2, 0.25) is 11.6 Å². The van der Waals surface area contributed by atoms with Gasteiger partial charge in [0.15, 0.2) is 0 Å². The Morgan fingerprint density at radius 2 is 1.89 bits per heavy atom. The first-order valence-corrected chi connectivity index (χ1v) is 9.82. The maximum atomic E-state index is 11.7. The molecule has 3 rings (SSSR count). The number of allylic oxidation sites excluding steroid dienone is 1. The molecule has 2 aromatic rings. The maximum absolute atomic E-state index is 11.7. The molecule has 1 aliphatic rings. The minimum Gasteiger partial charge on any atom is -0.364 e. The molecule has 0 spiro atoms. The number of nitro groups is 1. The van der Waals surface area contributed by atoms with Gasteiger partial charge in [0.05, 0.1) is 4.92 Å². The molecule has 0 radical (unpaired) electrons. The van der Waals surface area contributed by atoms with Crippen LogP contribution in [0.25, 0.3) is 0 Å². The molecule has 7 heteroatoms. The van der Waals surface area contributed by atoms with E-state index in [9.17, 15) is 10.1 Å². The highest BCUT2D eigenvalue weighted by molar-refractivity contribution is 5.73. The first kappa shape index (κ1) is 19.8. The number of nitrogens with zero attached hydrogens (tertiary/aromatic N) is 3. The summed E-state index contributed by atoms with van der Waals surface area (Å²) in [4.78, 5) is 19.4. The van der Waals surface area contributed by atoms with Crippen LogP contribution in [0.1, 0.15) is 57.4 Å². The predicted octanol–water partition coefficient (Wildman–Crippen LogP) is 5.55. The molecule has 1 aromatic heterocycles. The quantitative estimate of drug-likeness (QED) is 0.353. The molecule has 0 saturated heterocycles. The van der Waals surface area contributed by atoms with Crippen molar-refractivity contribution in [2.24, 2.45) is 0 Å². The fraction of sp³-hybridized carbons (Fsp3) is 0.429. The molecule has 1 aliphatic carbocycles. The molecule has 0 bridgehead atoms. The van der Waals surface area contributed by atoms with E-state index in [2.05, 4.69) is 40.5 Å². The molecule has 7 nitrogen and oxygen atoms in total. The van der Waals surface area contributed by atoms with E-state index in [1.807, 2.05) is 24.3 Å². The third kappa shape index (κ3) is 5.06. The van der Waals surface area contributed by atoms with E-state index in [-0.39, 0.29) is 17.3 Å². The van der Waals surface area contributed by atoms with Crippen molar-refractivity contribution >= 4 is 23.0 Å². The zero-order chi connectivity index (χ0) is 19.9. The van der Waals surface area contributed by atoms with Gasteiger partial charge < -0.3 is 10.6 Å². The van der Waals surface area contributed by atoms with E-state index in [0.717, 1.165) is 24.9 Å². The van der Waals surface area contributed by atoms with Crippen LogP contribution in [-0.2, 0) is 0 Å². The number of aromatic nitrogens is 2. The van der Waals surface area contributed by atoms with Gasteiger partial charge in [-0.15, -0.1) is 0 Å². The second-order valence-electron chi connectivity index (χ2n) is 7.36. The predicted molar refractivity (Wildman–Crippen MR) is 112 cm³/mol. The minimum atomic E-state index is -0.437. The van der Waals surface area contributed by atoms with E-state index < -0.39 is 4.92 Å². The van der Waals surface area contributed by atoms with Gasteiger partial charge >= 0.3 is 5.69 Å². The van der Waals surface area contributed by atoms with Crippen LogP contribution in [0, 0.1) is 10.1 Å². The van der Waals surface area contributed by atoms with Crippen LogP contribution in [0.2, 0.25) is 0 Å². The average molecular weight is 381 g/mol. The summed E-state index contributed by atoms with van der Waals surface area (Å²) in [6, 6.07) is 7.84. The van der Waals surface area contributed by atoms with Crippen molar-refractivity contribution in [3.05, 3.63) is 57.9 Å². The van der Waals surface area contributed by atoms with Crippen molar-refractivity contribution < 1.29 is 4.92 Å². The number of anilines is 3. The number of hydrogen-bond donors (Lipinski definition) is 2. The van der Waals surface area contributed by atoms with Gasteiger partial charge in [0.1, 0.15) is 6.33 Å². The molecule has 0 saturated carbocycles. The highest BCUT2D eigenvalue weighted by atomic mass is 16.6. The summed E-state index contributed by atoms with van der Waals surface area (Å²) in [5, 5.41) is 17.8. The number of rotatable bonds is 8. The summed E-state index contributed by atoms with van der Waals surface area (Å²) < 4.78 is 0. The Labute approximate surface area is 165 Å². The van der Waals surface area contributed by atoms with Crippen molar-refractivity contribution in [1.29, 1.82) is 0 Å². The highest BCUT2D eigenvalue weighted by Gasteiger charge is 2.23. The van der Waals surface area contributed by atoms with Gasteiger partial charge in [0, 0.05) is 12.2 Å². The van der Waals surface area contributed by atoms with Crippen molar-refractivity contribution in [3.8, 4) is 0 Å². The second kappa shape index (κ2) is 9.30. The van der Waals surface area contributed by atoms with Gasteiger partial charge in [-0.3, -0.25) is 10.1 Å². The largest absolute Gasteiger partial charge is 0.364 e. The summed E-state index contributed by atoms with van der Waals surface area (Å²) in [5.41, 5.74) is 3.25. The van der Waals surface area contributed by atoms with Gasteiger partial charge in [-0.2, -0.15) is 0 Å². The average Bonchev–Trinajstić information content (AvgIpc) is 2.69. The Morgan fingerprint density at radius 3 is 2.54 bits per heavy atom. The maximum Gasteiger partial charge on any atom is 0.353 e. The van der Waals surface area contributed by atoms with Crippen molar-refractivity contribution in [1.82, 2.24) is 9.97 Å². The van der Waals surface area contributed by atoms with Gasteiger partial charge in [-0.25, -0.2) is 9.97 Å². The smallest absolute Gasteiger partial charge is 0.353 e. The van der Waals surface area contributed by atoms with E-state index in [1.165, 1.54) is 30.3 Å². The monoisotopic (exact) mass is 381 g/mol. The molecule has 0 aliphatic heterocycles. The van der Waals surface area contributed by atoms with Gasteiger partial charge in [-0.05, 0) is 55.7 Å². The minimum absolute atomic E-state index is 0.131. The van der Waals surface area contributed by atoms with Crippen molar-refractivity contribution in [3.63, 3.8) is 0 Å². The summed E-state index contributed by atoms with van der Waals surface area (Å²) in [6.45, 7) is 4.87. The lowest BCUT2D eigenvalue weighted by atomic mass is 9.97. The van der Waals surface area contributed by atoms with Crippen molar-refractivity contribution in [2.75, 3.05) is 17.2 Å². The Balaban J connectivity index is 1.73. The lowest BCUT2D eigenvalue weighted by Crippen LogP contribution is -2.10. The Hall–Kier alpha value is -2.96. The normalized spacial score (nSPS) is 13.9. The van der Waals surface area contributed by atoms with Crippen LogP contribution in [0.15, 0.2) is 42.2 Å². The Bertz CT molecular complexity index is 846. The summed E-state index contributed by atoms with van der Waals surface area (Å²) >= 11 is 0. The van der Waals surface area contributed by atoms with Crippen LogP contribution >= 0.6 is 0 Å². The number of hydrogen-bond acceptors (Lipinski definition) is 6. The summed E-state index contributed by atoms with van der Waals surface area (Å²) in [7, 11) is 0. The van der Waals surface area contributed by atoms with Crippen LogP contribution in [0.5, 0.6) is 0 Å². The Morgan fingerprint density at radius 1 is 1.14 bits per heavy atom. The fourth-order valence-corrected chi connectivity index (χ4v) is 3.33. The first-order valence-electron chi connectivity index (χ1n) is 9.82. The molecular weight excluding hydrogens is 354 g/mol. The fourth-order valence-electron chi connectivity index (χ4n) is 3.33. The standard InChI is InChI=1S/C21H27N5O2/c1-15(2)17-8-10-18(11-9-17)25-21-19(26(27)28)20(23-14-24-21)22-13-12-16-6-4-3-5-7-16/h6,8-11,14-15H,3-5,7,12-13H2,1-2H3,(H2,22,23,24,25). The van der Waals surface area contributed by atoms with E-state index in [4.69, 9.17) is 0 Å². The van der Waals surface area contributed by atoms with E-state index in [1.54, 1.807) is 0 Å². The van der Waals surface area contributed by atoms with Crippen LogP contribution in [-0.4, -0.2) is 21.4 Å². The first-order chi connectivity index (χ1) is 13.5. The van der Waals surface area contributed by atoms with Gasteiger partial charge in [-0.1, -0.05) is 37.6 Å². The number of benzene rings is 1. The van der Waals surface area contributed by atoms with Crippen LogP contribution in [0.3, 0.4) is 0 Å². The summed E-state index contributed by atoms with van der Waals surface area (Å²) in [5.74, 6) is 0.868. The third-order valence-corrected chi connectivity index (χ3v) is 4.97. The molecule has 148 valence electrons. The topological polar surface area (TPSA) is 93.0 Å². The highest BCUT2D eigenvalue weighted by Crippen LogP contribution is 2.31. The molecular formula is C21H27N5O2. The van der Waals surface area contributed by atoms with E-state index in [0.29, 0.717) is 12.5 Å². The van der Waals surface area contributed by atoms with E-state index >= 15 is 0 Å². The molecule has 0 atom stereocenters. The Kier molecular flexibility index (Phi) is 6.57. The lowest BCUT2D eigenvalue weighted by Gasteiger charge is -2.14. The molecule has 28 heavy (non-hydrogen) atoms. The molecule has 0 amide bonds. The molecule has 1 aromatic carbocycles. The van der Waals surface area contributed by atoms with Crippen LogP contribution in [0.4, 0.5) is 23.0 Å².